The molecule has 2 aromatic rings. The Kier molecular flexibility index (Phi) is 7.41. The molecule has 26 heavy (non-hydrogen) atoms. The fourth-order valence-corrected chi connectivity index (χ4v) is 3.02. The maximum absolute atomic E-state index is 12.6. The van der Waals surface area contributed by atoms with Crippen molar-refractivity contribution < 1.29 is 9.53 Å². The van der Waals surface area contributed by atoms with E-state index >= 15 is 0 Å². The van der Waals surface area contributed by atoms with Crippen LogP contribution in [-0.4, -0.2) is 40.6 Å². The molecule has 2 N–H and O–H groups in total. The smallest absolute Gasteiger partial charge is 0.278 e. The van der Waals surface area contributed by atoms with Crippen LogP contribution in [0, 0.1) is 6.92 Å². The van der Waals surface area contributed by atoms with E-state index in [9.17, 15) is 4.79 Å². The minimum Gasteiger partial charge on any atom is -0.494 e. The summed E-state index contributed by atoms with van der Waals surface area (Å²) < 4.78 is 7.49. The van der Waals surface area contributed by atoms with Gasteiger partial charge in [-0.25, -0.2) is 4.68 Å². The van der Waals surface area contributed by atoms with E-state index in [4.69, 9.17) is 4.74 Å². The van der Waals surface area contributed by atoms with Gasteiger partial charge in [-0.05, 0) is 51.4 Å². The number of carbonyl (C=O) groups is 1. The van der Waals surface area contributed by atoms with Crippen LogP contribution in [0.15, 0.2) is 24.3 Å². The maximum atomic E-state index is 12.6. The number of nitrogens with zero attached hydrogens (tertiary/aromatic N) is 3. The summed E-state index contributed by atoms with van der Waals surface area (Å²) in [7, 11) is 0. The molecule has 8 heteroatoms. The first-order valence-corrected chi connectivity index (χ1v) is 8.85. The van der Waals surface area contributed by atoms with Crippen LogP contribution in [0.25, 0.3) is 0 Å². The summed E-state index contributed by atoms with van der Waals surface area (Å²) in [5.74, 6) is 0.500. The molecule has 3 rings (SSSR count). The highest BCUT2D eigenvalue weighted by atomic mass is 35.5. The molecule has 2 heterocycles. The van der Waals surface area contributed by atoms with Crippen molar-refractivity contribution in [2.75, 3.05) is 25.0 Å². The number of amides is 1. The van der Waals surface area contributed by atoms with Crippen molar-refractivity contribution in [3.05, 3.63) is 35.7 Å². The van der Waals surface area contributed by atoms with Crippen molar-refractivity contribution in [1.29, 1.82) is 0 Å². The van der Waals surface area contributed by atoms with Crippen molar-refractivity contribution in [2.24, 2.45) is 0 Å². The van der Waals surface area contributed by atoms with Gasteiger partial charge >= 0.3 is 0 Å². The highest BCUT2D eigenvalue weighted by Gasteiger charge is 2.23. The molecule has 1 aliphatic heterocycles. The van der Waals surface area contributed by atoms with Gasteiger partial charge in [0.05, 0.1) is 18.3 Å². The molecule has 1 aliphatic rings. The number of carbonyl (C=O) groups excluding carboxylic acids is 1. The molecule has 142 valence electrons. The van der Waals surface area contributed by atoms with Crippen molar-refractivity contribution >= 4 is 24.0 Å². The van der Waals surface area contributed by atoms with E-state index < -0.39 is 0 Å². The van der Waals surface area contributed by atoms with Gasteiger partial charge < -0.3 is 15.4 Å². The molecule has 0 unspecified atom stereocenters. The van der Waals surface area contributed by atoms with E-state index in [2.05, 4.69) is 27.9 Å². The normalized spacial score (nSPS) is 14.5. The number of anilines is 1. The zero-order valence-corrected chi connectivity index (χ0v) is 16.0. The van der Waals surface area contributed by atoms with Gasteiger partial charge in [0.15, 0.2) is 5.69 Å². The molecular weight excluding hydrogens is 354 g/mol. The number of rotatable bonds is 6. The first-order valence-electron chi connectivity index (χ1n) is 8.85. The predicted molar refractivity (Wildman–Crippen MR) is 103 cm³/mol. The van der Waals surface area contributed by atoms with E-state index in [1.54, 1.807) is 0 Å². The third kappa shape index (κ3) is 4.74. The van der Waals surface area contributed by atoms with E-state index in [1.165, 1.54) is 0 Å². The Labute approximate surface area is 159 Å². The quantitative estimate of drug-likeness (QED) is 0.806. The van der Waals surface area contributed by atoms with Crippen LogP contribution in [0.2, 0.25) is 0 Å². The van der Waals surface area contributed by atoms with Gasteiger partial charge in [-0.15, -0.1) is 17.5 Å². The fourth-order valence-electron chi connectivity index (χ4n) is 3.02. The first kappa shape index (κ1) is 20.2. The molecule has 0 atom stereocenters. The molecule has 0 saturated carbocycles. The standard InChI is InChI=1S/C18H25N5O2.ClH/c1-3-11-25-16-6-4-5-14(12-16)20-18(24)17-13(2)23(22-21-17)15-7-9-19-10-8-15;/h4-6,12,15,19H,3,7-11H2,1-2H3,(H,20,24);1H. The summed E-state index contributed by atoms with van der Waals surface area (Å²) in [6.45, 7) is 6.55. The first-order chi connectivity index (χ1) is 12.2. The van der Waals surface area contributed by atoms with Crippen LogP contribution >= 0.6 is 12.4 Å². The molecule has 1 aromatic carbocycles. The number of hydrogen-bond donors (Lipinski definition) is 2. The van der Waals surface area contributed by atoms with E-state index in [1.807, 2.05) is 35.9 Å². The van der Waals surface area contributed by atoms with Crippen molar-refractivity contribution in [1.82, 2.24) is 20.3 Å². The van der Waals surface area contributed by atoms with Crippen molar-refractivity contribution in [3.8, 4) is 5.75 Å². The largest absolute Gasteiger partial charge is 0.494 e. The molecule has 1 fully saturated rings. The highest BCUT2D eigenvalue weighted by molar-refractivity contribution is 6.03. The molecule has 0 spiro atoms. The van der Waals surface area contributed by atoms with Gasteiger partial charge in [0.25, 0.3) is 5.91 Å². The average Bonchev–Trinajstić information content (AvgIpc) is 3.02. The second kappa shape index (κ2) is 9.54. The van der Waals surface area contributed by atoms with Gasteiger partial charge in [-0.1, -0.05) is 18.2 Å². The summed E-state index contributed by atoms with van der Waals surface area (Å²) >= 11 is 0. The third-order valence-corrected chi connectivity index (χ3v) is 4.36. The third-order valence-electron chi connectivity index (χ3n) is 4.36. The lowest BCUT2D eigenvalue weighted by Crippen LogP contribution is -2.30. The Morgan fingerprint density at radius 3 is 2.88 bits per heavy atom. The lowest BCUT2D eigenvalue weighted by Gasteiger charge is -2.23. The number of benzene rings is 1. The van der Waals surface area contributed by atoms with Crippen LogP contribution in [0.1, 0.15) is 48.4 Å². The molecule has 0 aliphatic carbocycles. The topological polar surface area (TPSA) is 81.1 Å². The van der Waals surface area contributed by atoms with Crippen LogP contribution in [-0.2, 0) is 0 Å². The summed E-state index contributed by atoms with van der Waals surface area (Å²) in [4.78, 5) is 12.6. The second-order valence-corrected chi connectivity index (χ2v) is 6.28. The van der Waals surface area contributed by atoms with E-state index in [0.29, 0.717) is 24.0 Å². The van der Waals surface area contributed by atoms with Gasteiger partial charge in [0, 0.05) is 11.8 Å². The van der Waals surface area contributed by atoms with Gasteiger partial charge in [-0.2, -0.15) is 0 Å². The molecule has 1 saturated heterocycles. The van der Waals surface area contributed by atoms with E-state index in [0.717, 1.165) is 43.8 Å². The number of halogens is 1. The second-order valence-electron chi connectivity index (χ2n) is 6.28. The van der Waals surface area contributed by atoms with Crippen LogP contribution in [0.3, 0.4) is 0 Å². The average molecular weight is 380 g/mol. The van der Waals surface area contributed by atoms with Crippen molar-refractivity contribution in [3.63, 3.8) is 0 Å². The number of hydrogen-bond acceptors (Lipinski definition) is 5. The number of nitrogens with one attached hydrogen (secondary N) is 2. The molecule has 0 bridgehead atoms. The highest BCUT2D eigenvalue weighted by Crippen LogP contribution is 2.22. The number of ether oxygens (including phenoxy) is 1. The van der Waals surface area contributed by atoms with Crippen LogP contribution in [0.5, 0.6) is 5.75 Å². The monoisotopic (exact) mass is 379 g/mol. The Morgan fingerprint density at radius 2 is 2.15 bits per heavy atom. The Morgan fingerprint density at radius 1 is 1.38 bits per heavy atom. The van der Waals surface area contributed by atoms with Crippen LogP contribution in [0.4, 0.5) is 5.69 Å². The molecule has 1 aromatic heterocycles. The Balaban J connectivity index is 0.00000243. The zero-order valence-electron chi connectivity index (χ0n) is 15.2. The van der Waals surface area contributed by atoms with Crippen molar-refractivity contribution in [2.45, 2.75) is 39.2 Å². The Bertz CT molecular complexity index is 728. The summed E-state index contributed by atoms with van der Waals surface area (Å²) in [6, 6.07) is 7.70. The molecule has 7 nitrogen and oxygen atoms in total. The Hall–Kier alpha value is -2.12. The maximum Gasteiger partial charge on any atom is 0.278 e. The molecule has 1 amide bonds. The predicted octanol–water partition coefficient (Wildman–Crippen LogP) is 2.97. The lowest BCUT2D eigenvalue weighted by molar-refractivity contribution is 0.102. The minimum atomic E-state index is -0.245. The van der Waals surface area contributed by atoms with Gasteiger partial charge in [0.2, 0.25) is 0 Å². The number of piperidine rings is 1. The minimum absolute atomic E-state index is 0. The summed E-state index contributed by atoms with van der Waals surface area (Å²) in [6.07, 6.45) is 2.94. The SMILES string of the molecule is CCCOc1cccc(NC(=O)c2nnn(C3CCNCC3)c2C)c1.Cl. The van der Waals surface area contributed by atoms with E-state index in [-0.39, 0.29) is 18.3 Å². The summed E-state index contributed by atoms with van der Waals surface area (Å²) in [5, 5.41) is 14.5. The van der Waals surface area contributed by atoms with Gasteiger partial charge in [0.1, 0.15) is 5.75 Å². The lowest BCUT2D eigenvalue weighted by atomic mass is 10.1. The molecular formula is C18H26ClN5O2. The molecule has 0 radical (unpaired) electrons. The van der Waals surface area contributed by atoms with Crippen LogP contribution < -0.4 is 15.4 Å². The summed E-state index contributed by atoms with van der Waals surface area (Å²) in [5.41, 5.74) is 1.87. The number of aromatic nitrogens is 3. The zero-order chi connectivity index (χ0) is 17.6. The fraction of sp³-hybridized carbons (Fsp3) is 0.500. The van der Waals surface area contributed by atoms with Gasteiger partial charge in [-0.3, -0.25) is 4.79 Å².